The number of carbonyl (C=O) groups excluding carboxylic acids is 2. The molecular formula is C26H31F4N5O4. The van der Waals surface area contributed by atoms with Crippen LogP contribution in [0.25, 0.3) is 11.3 Å². The molecule has 2 N–H and O–H groups in total. The van der Waals surface area contributed by atoms with Gasteiger partial charge in [0.25, 0.3) is 5.91 Å². The second-order valence-corrected chi connectivity index (χ2v) is 10.7. The molecule has 3 aliphatic rings. The summed E-state index contributed by atoms with van der Waals surface area (Å²) in [5.74, 6) is -1.18. The Bertz CT molecular complexity index is 1240. The topological polar surface area (TPSA) is 109 Å². The van der Waals surface area contributed by atoms with Crippen LogP contribution in [0.15, 0.2) is 18.3 Å². The van der Waals surface area contributed by atoms with E-state index in [9.17, 15) is 27.2 Å². The monoisotopic (exact) mass is 553 g/mol. The van der Waals surface area contributed by atoms with Crippen LogP contribution in [-0.2, 0) is 9.53 Å². The van der Waals surface area contributed by atoms with Crippen molar-refractivity contribution in [1.29, 1.82) is 0 Å². The van der Waals surface area contributed by atoms with Crippen LogP contribution in [0.4, 0.5) is 17.6 Å². The second-order valence-electron chi connectivity index (χ2n) is 10.7. The Morgan fingerprint density at radius 3 is 2.46 bits per heavy atom. The normalized spacial score (nSPS) is 26.4. The molecule has 5 rings (SSSR count). The largest absolute Gasteiger partial charge is 0.481 e. The van der Waals surface area contributed by atoms with Gasteiger partial charge >= 0.3 is 6.18 Å². The standard InChI is InChI=1S/C26H31F4N5O4/c1-38-21-11-17(18(27)14-31-21)19-12-20(34-33-19)23(37)35-10-5-15(13-24(35)8-9-24)22(36)32-16-3-6-25(39-2,7-4-16)26(28,29)30/h11-12,14-16H,3-10,13H2,1-2H3,(H,32,36)(H,33,34)/t15-,16-,25-/m0/s1. The molecule has 1 saturated heterocycles. The first-order chi connectivity index (χ1) is 18.5. The van der Waals surface area contributed by atoms with E-state index in [1.165, 1.54) is 19.2 Å². The molecule has 0 radical (unpaired) electrons. The van der Waals surface area contributed by atoms with Crippen LogP contribution in [0, 0.1) is 11.7 Å². The quantitative estimate of drug-likeness (QED) is 0.524. The van der Waals surface area contributed by atoms with Crippen molar-refractivity contribution in [3.63, 3.8) is 0 Å². The molecule has 3 heterocycles. The number of H-pyrrole nitrogens is 1. The average molecular weight is 554 g/mol. The highest BCUT2D eigenvalue weighted by molar-refractivity contribution is 5.94. The Morgan fingerprint density at radius 1 is 1.13 bits per heavy atom. The Hall–Kier alpha value is -3.22. The highest BCUT2D eigenvalue weighted by Crippen LogP contribution is 2.51. The van der Waals surface area contributed by atoms with Gasteiger partial charge in [-0.1, -0.05) is 0 Å². The van der Waals surface area contributed by atoms with Crippen molar-refractivity contribution in [2.75, 3.05) is 20.8 Å². The number of aromatic amines is 1. The van der Waals surface area contributed by atoms with Crippen LogP contribution in [0.5, 0.6) is 5.88 Å². The van der Waals surface area contributed by atoms with Crippen molar-refractivity contribution in [3.05, 3.63) is 29.8 Å². The van der Waals surface area contributed by atoms with E-state index < -0.39 is 23.1 Å². The molecule has 2 aliphatic carbocycles. The molecule has 1 aliphatic heterocycles. The fourth-order valence-corrected chi connectivity index (χ4v) is 5.95. The number of rotatable bonds is 6. The molecule has 39 heavy (non-hydrogen) atoms. The van der Waals surface area contributed by atoms with Crippen LogP contribution in [-0.4, -0.2) is 76.0 Å². The number of amides is 2. The third-order valence-corrected chi connectivity index (χ3v) is 8.52. The molecule has 13 heteroatoms. The molecule has 0 aromatic carbocycles. The summed E-state index contributed by atoms with van der Waals surface area (Å²) >= 11 is 0. The maximum atomic E-state index is 14.3. The first kappa shape index (κ1) is 27.4. The zero-order valence-corrected chi connectivity index (χ0v) is 21.7. The lowest BCUT2D eigenvalue weighted by Crippen LogP contribution is -2.54. The molecule has 212 valence electrons. The van der Waals surface area contributed by atoms with E-state index in [1.807, 2.05) is 0 Å². The number of likely N-dealkylation sites (tertiary alicyclic amines) is 1. The van der Waals surface area contributed by atoms with Gasteiger partial charge in [-0.2, -0.15) is 18.3 Å². The lowest BCUT2D eigenvalue weighted by atomic mass is 9.81. The number of alkyl halides is 3. The lowest BCUT2D eigenvalue weighted by Gasteiger charge is -2.42. The molecule has 2 amide bonds. The fourth-order valence-electron chi connectivity index (χ4n) is 5.95. The minimum Gasteiger partial charge on any atom is -0.481 e. The Balaban J connectivity index is 1.20. The molecule has 2 aromatic rings. The molecule has 2 aromatic heterocycles. The maximum Gasteiger partial charge on any atom is 0.417 e. The number of halogens is 4. The number of hydrogen-bond acceptors (Lipinski definition) is 6. The molecule has 0 bridgehead atoms. The minimum atomic E-state index is -4.46. The van der Waals surface area contributed by atoms with Gasteiger partial charge in [0, 0.05) is 42.8 Å². The van der Waals surface area contributed by atoms with E-state index in [0.29, 0.717) is 25.1 Å². The van der Waals surface area contributed by atoms with Crippen LogP contribution in [0.2, 0.25) is 0 Å². The summed E-state index contributed by atoms with van der Waals surface area (Å²) in [4.78, 5) is 32.0. The summed E-state index contributed by atoms with van der Waals surface area (Å²) in [6, 6.07) is 2.56. The van der Waals surface area contributed by atoms with Crippen molar-refractivity contribution < 1.29 is 36.6 Å². The van der Waals surface area contributed by atoms with Gasteiger partial charge < -0.3 is 19.7 Å². The zero-order valence-electron chi connectivity index (χ0n) is 21.7. The third-order valence-electron chi connectivity index (χ3n) is 8.52. The van der Waals surface area contributed by atoms with Gasteiger partial charge in [0.15, 0.2) is 17.1 Å². The molecule has 1 spiro atoms. The van der Waals surface area contributed by atoms with E-state index in [1.54, 1.807) is 4.90 Å². The SMILES string of the molecule is COc1cc(-c2cc(C(=O)N3CC[C@H](C(=O)N[C@H]4CC[C@@](OC)(C(F)(F)F)CC4)CC34CC4)n[nH]2)c(F)cn1. The minimum absolute atomic E-state index is 0.142. The van der Waals surface area contributed by atoms with E-state index in [-0.39, 0.29) is 66.6 Å². The number of ether oxygens (including phenoxy) is 2. The van der Waals surface area contributed by atoms with Crippen LogP contribution < -0.4 is 10.1 Å². The maximum absolute atomic E-state index is 14.3. The predicted molar refractivity (Wildman–Crippen MR) is 130 cm³/mol. The Labute approximate surface area is 222 Å². The number of hydrogen-bond donors (Lipinski definition) is 2. The van der Waals surface area contributed by atoms with Gasteiger partial charge in [0.05, 0.1) is 19.0 Å². The van der Waals surface area contributed by atoms with Gasteiger partial charge in [-0.3, -0.25) is 14.7 Å². The number of carbonyl (C=O) groups is 2. The Kier molecular flexibility index (Phi) is 7.06. The van der Waals surface area contributed by atoms with E-state index in [0.717, 1.165) is 26.1 Å². The number of pyridine rings is 1. The summed E-state index contributed by atoms with van der Waals surface area (Å²) in [5.41, 5.74) is -1.98. The number of aromatic nitrogens is 3. The summed E-state index contributed by atoms with van der Waals surface area (Å²) in [6.45, 7) is 0.349. The molecule has 1 atom stereocenters. The van der Waals surface area contributed by atoms with Gasteiger partial charge in [-0.15, -0.1) is 0 Å². The smallest absolute Gasteiger partial charge is 0.417 e. The van der Waals surface area contributed by atoms with Crippen LogP contribution in [0.3, 0.4) is 0 Å². The predicted octanol–water partition coefficient (Wildman–Crippen LogP) is 4.01. The van der Waals surface area contributed by atoms with Gasteiger partial charge in [0.1, 0.15) is 0 Å². The zero-order chi connectivity index (χ0) is 28.0. The van der Waals surface area contributed by atoms with Crippen LogP contribution in [0.1, 0.15) is 61.9 Å². The highest BCUT2D eigenvalue weighted by atomic mass is 19.4. The summed E-state index contributed by atoms with van der Waals surface area (Å²) < 4.78 is 64.6. The van der Waals surface area contributed by atoms with Crippen molar-refractivity contribution in [1.82, 2.24) is 25.4 Å². The number of nitrogens with zero attached hydrogens (tertiary/aromatic N) is 3. The van der Waals surface area contributed by atoms with Crippen molar-refractivity contribution in [2.24, 2.45) is 5.92 Å². The van der Waals surface area contributed by atoms with E-state index in [4.69, 9.17) is 9.47 Å². The van der Waals surface area contributed by atoms with Crippen molar-refractivity contribution in [2.45, 2.75) is 74.7 Å². The first-order valence-corrected chi connectivity index (χ1v) is 13.0. The fraction of sp³-hybridized carbons (Fsp3) is 0.615. The van der Waals surface area contributed by atoms with Crippen LogP contribution >= 0.6 is 0 Å². The molecule has 3 fully saturated rings. The summed E-state index contributed by atoms with van der Waals surface area (Å²) in [6.07, 6.45) is -1.03. The highest BCUT2D eigenvalue weighted by Gasteiger charge is 2.57. The summed E-state index contributed by atoms with van der Waals surface area (Å²) in [7, 11) is 2.49. The van der Waals surface area contributed by atoms with E-state index >= 15 is 0 Å². The Morgan fingerprint density at radius 2 is 1.85 bits per heavy atom. The first-order valence-electron chi connectivity index (χ1n) is 13.0. The molecular weight excluding hydrogens is 522 g/mol. The number of nitrogens with one attached hydrogen (secondary N) is 2. The van der Waals surface area contributed by atoms with Gasteiger partial charge in [0.2, 0.25) is 11.8 Å². The van der Waals surface area contributed by atoms with Gasteiger partial charge in [-0.25, -0.2) is 9.37 Å². The van der Waals surface area contributed by atoms with Gasteiger partial charge in [-0.05, 0) is 57.4 Å². The molecule has 9 nitrogen and oxygen atoms in total. The van der Waals surface area contributed by atoms with Crippen molar-refractivity contribution in [3.8, 4) is 17.1 Å². The number of methoxy groups -OCH3 is 2. The summed E-state index contributed by atoms with van der Waals surface area (Å²) in [5, 5.41) is 9.77. The molecule has 2 saturated carbocycles. The lowest BCUT2D eigenvalue weighted by molar-refractivity contribution is -0.280. The number of piperidine rings is 1. The van der Waals surface area contributed by atoms with E-state index in [2.05, 4.69) is 20.5 Å². The third kappa shape index (κ3) is 5.08. The average Bonchev–Trinajstić information content (AvgIpc) is 3.49. The van der Waals surface area contributed by atoms with Crippen molar-refractivity contribution >= 4 is 11.8 Å². The molecule has 0 unspecified atom stereocenters. The second kappa shape index (κ2) is 10.1.